The highest BCUT2D eigenvalue weighted by Crippen LogP contribution is 2.24. The summed E-state index contributed by atoms with van der Waals surface area (Å²) < 4.78 is 6.34. The molecule has 1 saturated carbocycles. The molecular formula is C18H28NO2+. The van der Waals surface area contributed by atoms with Gasteiger partial charge in [-0.25, -0.2) is 0 Å². The number of ether oxygens (including phenoxy) is 1. The Bertz CT molecular complexity index is 436. The molecule has 0 bridgehead atoms. The van der Waals surface area contributed by atoms with Crippen LogP contribution < -0.4 is 0 Å². The van der Waals surface area contributed by atoms with Gasteiger partial charge in [0.1, 0.15) is 19.7 Å². The fourth-order valence-corrected chi connectivity index (χ4v) is 3.01. The third-order valence-electron chi connectivity index (χ3n) is 4.33. The number of hydrogen-bond donors (Lipinski definition) is 0. The third kappa shape index (κ3) is 5.50. The first-order valence-corrected chi connectivity index (χ1v) is 8.09. The number of benzene rings is 1. The van der Waals surface area contributed by atoms with Gasteiger partial charge >= 0.3 is 5.97 Å². The summed E-state index contributed by atoms with van der Waals surface area (Å²) in [5.41, 5.74) is 1.32. The van der Waals surface area contributed by atoms with Crippen molar-refractivity contribution < 1.29 is 14.0 Å². The Morgan fingerprint density at radius 2 is 1.81 bits per heavy atom. The van der Waals surface area contributed by atoms with Crippen LogP contribution in [-0.2, 0) is 16.1 Å². The number of esters is 1. The van der Waals surface area contributed by atoms with Gasteiger partial charge in [0.15, 0.2) is 0 Å². The van der Waals surface area contributed by atoms with Crippen molar-refractivity contribution in [1.82, 2.24) is 0 Å². The van der Waals surface area contributed by atoms with E-state index in [-0.39, 0.29) is 11.9 Å². The molecule has 0 aromatic heterocycles. The van der Waals surface area contributed by atoms with Gasteiger partial charge in [-0.3, -0.25) is 4.79 Å². The van der Waals surface area contributed by atoms with E-state index in [1.54, 1.807) is 0 Å². The molecule has 21 heavy (non-hydrogen) atoms. The van der Waals surface area contributed by atoms with Crippen molar-refractivity contribution in [2.75, 3.05) is 27.2 Å². The van der Waals surface area contributed by atoms with Crippen LogP contribution in [0.4, 0.5) is 0 Å². The molecule has 1 fully saturated rings. The maximum absolute atomic E-state index is 12.0. The first-order chi connectivity index (χ1) is 10.1. The zero-order valence-electron chi connectivity index (χ0n) is 13.4. The molecule has 3 nitrogen and oxygen atoms in total. The fraction of sp³-hybridized carbons (Fsp3) is 0.611. The number of likely N-dealkylation sites (N-methyl/N-ethyl adjacent to an activating group) is 1. The molecular weight excluding hydrogens is 262 g/mol. The van der Waals surface area contributed by atoms with Crippen LogP contribution in [0, 0.1) is 5.92 Å². The highest BCUT2D eigenvalue weighted by atomic mass is 16.5. The van der Waals surface area contributed by atoms with Crippen LogP contribution in [0.1, 0.15) is 37.7 Å². The molecule has 3 heteroatoms. The minimum absolute atomic E-state index is 0.0226. The smallest absolute Gasteiger partial charge is 0.309 e. The third-order valence-corrected chi connectivity index (χ3v) is 4.33. The van der Waals surface area contributed by atoms with Gasteiger partial charge < -0.3 is 9.22 Å². The fourth-order valence-electron chi connectivity index (χ4n) is 3.01. The quantitative estimate of drug-likeness (QED) is 0.593. The number of carbonyl (C=O) groups is 1. The molecule has 1 aliphatic rings. The Kier molecular flexibility index (Phi) is 5.80. The lowest BCUT2D eigenvalue weighted by molar-refractivity contribution is -0.903. The van der Waals surface area contributed by atoms with Crippen LogP contribution in [0.2, 0.25) is 0 Å². The monoisotopic (exact) mass is 290 g/mol. The maximum atomic E-state index is 12.0. The van der Waals surface area contributed by atoms with E-state index in [0.717, 1.165) is 30.4 Å². The van der Waals surface area contributed by atoms with E-state index in [2.05, 4.69) is 38.4 Å². The predicted octanol–water partition coefficient (Wildman–Crippen LogP) is 3.39. The molecule has 1 aliphatic carbocycles. The lowest BCUT2D eigenvalue weighted by Crippen LogP contribution is -2.42. The standard InChI is InChI=1S/C18H28NO2/c1-19(2,15-16-9-5-3-6-10-16)13-14-21-18(20)17-11-7-4-8-12-17/h3,5-6,9-10,17H,4,7-8,11-15H2,1-2H3/q+1. The lowest BCUT2D eigenvalue weighted by atomic mass is 9.89. The first kappa shape index (κ1) is 16.0. The molecule has 0 spiro atoms. The van der Waals surface area contributed by atoms with Crippen LogP contribution in [0.25, 0.3) is 0 Å². The summed E-state index contributed by atoms with van der Waals surface area (Å²) in [7, 11) is 4.36. The molecule has 2 rings (SSSR count). The number of rotatable bonds is 6. The van der Waals surface area contributed by atoms with Crippen LogP contribution >= 0.6 is 0 Å². The second kappa shape index (κ2) is 7.60. The largest absolute Gasteiger partial charge is 0.459 e. The van der Waals surface area contributed by atoms with Crippen molar-refractivity contribution in [3.63, 3.8) is 0 Å². The summed E-state index contributed by atoms with van der Waals surface area (Å²) in [6, 6.07) is 10.5. The van der Waals surface area contributed by atoms with E-state index >= 15 is 0 Å². The highest BCUT2D eigenvalue weighted by molar-refractivity contribution is 5.72. The van der Waals surface area contributed by atoms with Crippen molar-refractivity contribution in [2.24, 2.45) is 5.92 Å². The number of carbonyl (C=O) groups excluding carboxylic acids is 1. The summed E-state index contributed by atoms with van der Waals surface area (Å²) >= 11 is 0. The van der Waals surface area contributed by atoms with Gasteiger partial charge in [0.2, 0.25) is 0 Å². The van der Waals surface area contributed by atoms with Crippen LogP contribution in [0.15, 0.2) is 30.3 Å². The van der Waals surface area contributed by atoms with Gasteiger partial charge in [0.05, 0.1) is 20.0 Å². The average Bonchev–Trinajstić information content (AvgIpc) is 2.48. The zero-order valence-corrected chi connectivity index (χ0v) is 13.4. The van der Waals surface area contributed by atoms with E-state index in [9.17, 15) is 4.79 Å². The molecule has 1 aromatic carbocycles. The predicted molar refractivity (Wildman–Crippen MR) is 84.7 cm³/mol. The average molecular weight is 290 g/mol. The molecule has 0 atom stereocenters. The summed E-state index contributed by atoms with van der Waals surface area (Å²) in [5, 5.41) is 0. The number of quaternary nitrogens is 1. The minimum Gasteiger partial charge on any atom is -0.459 e. The van der Waals surface area contributed by atoms with Crippen molar-refractivity contribution in [3.8, 4) is 0 Å². The van der Waals surface area contributed by atoms with Crippen LogP contribution in [-0.4, -0.2) is 37.7 Å². The van der Waals surface area contributed by atoms with Gasteiger partial charge in [0.25, 0.3) is 0 Å². The molecule has 116 valence electrons. The van der Waals surface area contributed by atoms with Gasteiger partial charge in [-0.1, -0.05) is 49.6 Å². The Balaban J connectivity index is 1.72. The first-order valence-electron chi connectivity index (χ1n) is 8.09. The van der Waals surface area contributed by atoms with Crippen molar-refractivity contribution in [2.45, 2.75) is 38.6 Å². The second-order valence-electron chi connectivity index (χ2n) is 6.81. The molecule has 0 N–H and O–H groups in total. The van der Waals surface area contributed by atoms with Crippen LogP contribution in [0.3, 0.4) is 0 Å². The topological polar surface area (TPSA) is 26.3 Å². The number of hydrogen-bond acceptors (Lipinski definition) is 2. The van der Waals surface area contributed by atoms with Crippen molar-refractivity contribution >= 4 is 5.97 Å². The Morgan fingerprint density at radius 3 is 2.48 bits per heavy atom. The summed E-state index contributed by atoms with van der Waals surface area (Å²) in [6.07, 6.45) is 5.65. The summed E-state index contributed by atoms with van der Waals surface area (Å²) in [4.78, 5) is 12.0. The summed E-state index contributed by atoms with van der Waals surface area (Å²) in [5.74, 6) is 0.179. The Labute approximate surface area is 128 Å². The highest BCUT2D eigenvalue weighted by Gasteiger charge is 2.23. The molecule has 0 unspecified atom stereocenters. The SMILES string of the molecule is C[N+](C)(CCOC(=O)C1CCCCC1)Cc1ccccc1. The minimum atomic E-state index is 0.0226. The molecule has 0 heterocycles. The van der Waals surface area contributed by atoms with E-state index in [1.165, 1.54) is 24.8 Å². The van der Waals surface area contributed by atoms with E-state index < -0.39 is 0 Å². The normalized spacial score (nSPS) is 16.7. The van der Waals surface area contributed by atoms with E-state index in [4.69, 9.17) is 4.74 Å². The maximum Gasteiger partial charge on any atom is 0.309 e. The Hall–Kier alpha value is -1.35. The van der Waals surface area contributed by atoms with Crippen molar-refractivity contribution in [1.29, 1.82) is 0 Å². The van der Waals surface area contributed by atoms with Gasteiger partial charge in [0, 0.05) is 5.56 Å². The molecule has 0 radical (unpaired) electrons. The lowest BCUT2D eigenvalue weighted by Gasteiger charge is -2.30. The van der Waals surface area contributed by atoms with Gasteiger partial charge in [-0.05, 0) is 12.8 Å². The van der Waals surface area contributed by atoms with E-state index in [0.29, 0.717) is 6.61 Å². The van der Waals surface area contributed by atoms with Crippen molar-refractivity contribution in [3.05, 3.63) is 35.9 Å². The van der Waals surface area contributed by atoms with Gasteiger partial charge in [-0.2, -0.15) is 0 Å². The molecule has 1 aromatic rings. The van der Waals surface area contributed by atoms with Gasteiger partial charge in [-0.15, -0.1) is 0 Å². The molecule has 0 amide bonds. The molecule has 0 saturated heterocycles. The zero-order chi connectivity index (χ0) is 15.1. The Morgan fingerprint density at radius 1 is 1.14 bits per heavy atom. The summed E-state index contributed by atoms with van der Waals surface area (Å²) in [6.45, 7) is 2.34. The van der Waals surface area contributed by atoms with E-state index in [1.807, 2.05) is 6.07 Å². The second-order valence-corrected chi connectivity index (χ2v) is 6.81. The van der Waals surface area contributed by atoms with Crippen LogP contribution in [0.5, 0.6) is 0 Å². The number of nitrogens with zero attached hydrogens (tertiary/aromatic N) is 1. The molecule has 0 aliphatic heterocycles.